The molecule has 6 heteroatoms. The van der Waals surface area contributed by atoms with Gasteiger partial charge in [-0.25, -0.2) is 0 Å². The van der Waals surface area contributed by atoms with E-state index in [4.69, 9.17) is 9.78 Å². The Hall–Kier alpha value is -2.42. The van der Waals surface area contributed by atoms with E-state index in [2.05, 4.69) is 26.5 Å². The van der Waals surface area contributed by atoms with Crippen LogP contribution >= 0.6 is 0 Å². The van der Waals surface area contributed by atoms with E-state index in [9.17, 15) is 0 Å². The third kappa shape index (κ3) is 2.46. The molecule has 18 heavy (non-hydrogen) atoms. The molecule has 0 radical (unpaired) electrons. The van der Waals surface area contributed by atoms with Gasteiger partial charge in [0.15, 0.2) is 5.82 Å². The molecule has 0 amide bonds. The molecule has 0 aliphatic heterocycles. The molecule has 0 fully saturated rings. The molecule has 2 rings (SSSR count). The summed E-state index contributed by atoms with van der Waals surface area (Å²) in [5.41, 5.74) is 2.84. The van der Waals surface area contributed by atoms with Crippen LogP contribution in [0.15, 0.2) is 10.6 Å². The van der Waals surface area contributed by atoms with Crippen LogP contribution in [-0.2, 0) is 6.54 Å². The highest BCUT2D eigenvalue weighted by Gasteiger charge is 2.09. The number of aryl methyl sites for hydroxylation is 3. The van der Waals surface area contributed by atoms with E-state index in [1.165, 1.54) is 0 Å². The fourth-order valence-electron chi connectivity index (χ4n) is 1.69. The summed E-state index contributed by atoms with van der Waals surface area (Å²) in [5, 5.41) is 15.9. The van der Waals surface area contributed by atoms with Gasteiger partial charge in [0.1, 0.15) is 6.07 Å². The topological polar surface area (TPSA) is 87.6 Å². The molecular weight excluding hydrogens is 230 g/mol. The smallest absolute Gasteiger partial charge is 0.245 e. The van der Waals surface area contributed by atoms with Gasteiger partial charge in [0, 0.05) is 5.69 Å². The normalized spacial score (nSPS) is 10.1. The van der Waals surface area contributed by atoms with E-state index in [0.717, 1.165) is 11.4 Å². The van der Waals surface area contributed by atoms with E-state index in [-0.39, 0.29) is 0 Å². The summed E-state index contributed by atoms with van der Waals surface area (Å²) in [6, 6.07) is 3.97. The Bertz CT molecular complexity index is 611. The molecule has 0 bridgehead atoms. The molecule has 6 nitrogen and oxygen atoms in total. The SMILES string of the molecule is Cc1cc(NCc2nc(C)no2)c(C#N)c(C)n1. The van der Waals surface area contributed by atoms with Gasteiger partial charge in [-0.05, 0) is 26.8 Å². The number of nitrogens with zero attached hydrogens (tertiary/aromatic N) is 4. The van der Waals surface area contributed by atoms with Crippen LogP contribution in [0.4, 0.5) is 5.69 Å². The zero-order valence-corrected chi connectivity index (χ0v) is 10.5. The number of pyridine rings is 1. The maximum Gasteiger partial charge on any atom is 0.245 e. The van der Waals surface area contributed by atoms with E-state index in [0.29, 0.717) is 29.5 Å². The van der Waals surface area contributed by atoms with Gasteiger partial charge < -0.3 is 9.84 Å². The number of hydrogen-bond acceptors (Lipinski definition) is 6. The van der Waals surface area contributed by atoms with Crippen LogP contribution < -0.4 is 5.32 Å². The lowest BCUT2D eigenvalue weighted by atomic mass is 10.1. The Balaban J connectivity index is 2.21. The minimum Gasteiger partial charge on any atom is -0.375 e. The van der Waals surface area contributed by atoms with E-state index >= 15 is 0 Å². The Morgan fingerprint density at radius 2 is 2.11 bits per heavy atom. The summed E-state index contributed by atoms with van der Waals surface area (Å²) in [5.74, 6) is 1.08. The first kappa shape index (κ1) is 12.0. The van der Waals surface area contributed by atoms with Crippen molar-refractivity contribution in [1.82, 2.24) is 15.1 Å². The largest absolute Gasteiger partial charge is 0.375 e. The van der Waals surface area contributed by atoms with Crippen LogP contribution in [-0.4, -0.2) is 15.1 Å². The molecule has 0 unspecified atom stereocenters. The second-order valence-electron chi connectivity index (χ2n) is 3.97. The maximum absolute atomic E-state index is 9.11. The molecule has 0 saturated heterocycles. The molecular formula is C12H13N5O. The second-order valence-corrected chi connectivity index (χ2v) is 3.97. The fraction of sp³-hybridized carbons (Fsp3) is 0.333. The highest BCUT2D eigenvalue weighted by Crippen LogP contribution is 2.19. The number of aromatic nitrogens is 3. The fourth-order valence-corrected chi connectivity index (χ4v) is 1.69. The second kappa shape index (κ2) is 4.84. The van der Waals surface area contributed by atoms with Crippen molar-refractivity contribution >= 4 is 5.69 Å². The minimum atomic E-state index is 0.387. The number of nitrogens with one attached hydrogen (secondary N) is 1. The lowest BCUT2D eigenvalue weighted by Crippen LogP contribution is -2.04. The number of hydrogen-bond donors (Lipinski definition) is 1. The first-order valence-electron chi connectivity index (χ1n) is 5.51. The van der Waals surface area contributed by atoms with Crippen LogP contribution in [0.2, 0.25) is 0 Å². The quantitative estimate of drug-likeness (QED) is 0.885. The summed E-state index contributed by atoms with van der Waals surface area (Å²) in [6.07, 6.45) is 0. The van der Waals surface area contributed by atoms with Gasteiger partial charge in [-0.3, -0.25) is 4.98 Å². The number of nitriles is 1. The zero-order valence-electron chi connectivity index (χ0n) is 10.5. The lowest BCUT2D eigenvalue weighted by molar-refractivity contribution is 0.379. The molecule has 0 aromatic carbocycles. The molecule has 0 atom stereocenters. The molecule has 2 aromatic heterocycles. The summed E-state index contributed by atoms with van der Waals surface area (Å²) in [7, 11) is 0. The predicted octanol–water partition coefficient (Wildman–Crippen LogP) is 1.87. The average Bonchev–Trinajstić information content (AvgIpc) is 2.72. The highest BCUT2D eigenvalue weighted by atomic mass is 16.5. The third-order valence-electron chi connectivity index (χ3n) is 2.44. The van der Waals surface area contributed by atoms with Crippen LogP contribution in [0.1, 0.15) is 28.7 Å². The van der Waals surface area contributed by atoms with Gasteiger partial charge >= 0.3 is 0 Å². The van der Waals surface area contributed by atoms with Crippen molar-refractivity contribution in [1.29, 1.82) is 5.26 Å². The van der Waals surface area contributed by atoms with E-state index < -0.39 is 0 Å². The van der Waals surface area contributed by atoms with Gasteiger partial charge in [0.25, 0.3) is 0 Å². The Morgan fingerprint density at radius 3 is 2.72 bits per heavy atom. The zero-order chi connectivity index (χ0) is 13.1. The van der Waals surface area contributed by atoms with Crippen LogP contribution in [0.5, 0.6) is 0 Å². The number of anilines is 1. The van der Waals surface area contributed by atoms with Crippen molar-refractivity contribution in [3.05, 3.63) is 34.7 Å². The average molecular weight is 243 g/mol. The molecule has 1 N–H and O–H groups in total. The van der Waals surface area contributed by atoms with Crippen molar-refractivity contribution in [2.45, 2.75) is 27.3 Å². The first-order valence-corrected chi connectivity index (χ1v) is 5.51. The highest BCUT2D eigenvalue weighted by molar-refractivity contribution is 5.59. The Kier molecular flexibility index (Phi) is 3.24. The molecule has 0 spiro atoms. The van der Waals surface area contributed by atoms with Gasteiger partial charge in [-0.15, -0.1) is 0 Å². The van der Waals surface area contributed by atoms with Gasteiger partial charge in [-0.1, -0.05) is 5.16 Å². The summed E-state index contributed by atoms with van der Waals surface area (Å²) < 4.78 is 5.00. The van der Waals surface area contributed by atoms with Crippen LogP contribution in [0.25, 0.3) is 0 Å². The minimum absolute atomic E-state index is 0.387. The van der Waals surface area contributed by atoms with E-state index in [1.807, 2.05) is 19.9 Å². The standard InChI is InChI=1S/C12H13N5O/c1-7-4-11(10(5-13)8(2)15-7)14-6-12-16-9(3)17-18-12/h4H,6H2,1-3H3,(H,14,15). The van der Waals surface area contributed by atoms with Gasteiger partial charge in [-0.2, -0.15) is 10.2 Å². The predicted molar refractivity (Wildman–Crippen MR) is 64.8 cm³/mol. The lowest BCUT2D eigenvalue weighted by Gasteiger charge is -2.08. The van der Waals surface area contributed by atoms with Crippen LogP contribution in [0.3, 0.4) is 0 Å². The molecule has 92 valence electrons. The van der Waals surface area contributed by atoms with Crippen molar-refractivity contribution in [2.24, 2.45) is 0 Å². The number of rotatable bonds is 3. The molecule has 0 aliphatic carbocycles. The van der Waals surface area contributed by atoms with Crippen molar-refractivity contribution in [2.75, 3.05) is 5.32 Å². The van der Waals surface area contributed by atoms with Gasteiger partial charge in [0.05, 0.1) is 23.5 Å². The first-order chi connectivity index (χ1) is 8.60. The Morgan fingerprint density at radius 1 is 1.33 bits per heavy atom. The third-order valence-corrected chi connectivity index (χ3v) is 2.44. The summed E-state index contributed by atoms with van der Waals surface area (Å²) in [6.45, 7) is 5.84. The monoisotopic (exact) mass is 243 g/mol. The van der Waals surface area contributed by atoms with Gasteiger partial charge in [0.2, 0.25) is 5.89 Å². The maximum atomic E-state index is 9.11. The molecule has 2 heterocycles. The van der Waals surface area contributed by atoms with E-state index in [1.54, 1.807) is 6.92 Å². The van der Waals surface area contributed by atoms with Crippen LogP contribution in [0, 0.1) is 32.1 Å². The molecule has 2 aromatic rings. The Labute approximate surface area is 105 Å². The molecule has 0 saturated carbocycles. The molecule has 0 aliphatic rings. The van der Waals surface area contributed by atoms with Crippen molar-refractivity contribution in [3.63, 3.8) is 0 Å². The summed E-state index contributed by atoms with van der Waals surface area (Å²) >= 11 is 0. The summed E-state index contributed by atoms with van der Waals surface area (Å²) in [4.78, 5) is 8.34. The van der Waals surface area contributed by atoms with Crippen molar-refractivity contribution in [3.8, 4) is 6.07 Å². The van der Waals surface area contributed by atoms with Crippen molar-refractivity contribution < 1.29 is 4.52 Å².